The molecule has 120 valence electrons. The number of morpholine rings is 1. The van der Waals surface area contributed by atoms with Crippen LogP contribution in [0.4, 0.5) is 0 Å². The molecule has 1 atom stereocenters. The van der Waals surface area contributed by atoms with Crippen molar-refractivity contribution in [2.24, 2.45) is 0 Å². The van der Waals surface area contributed by atoms with Gasteiger partial charge in [-0.05, 0) is 24.3 Å². The van der Waals surface area contributed by atoms with Gasteiger partial charge in [0.15, 0.2) is 6.04 Å². The monoisotopic (exact) mass is 335 g/mol. The minimum Gasteiger partial charge on any atom is -0.480 e. The van der Waals surface area contributed by atoms with Gasteiger partial charge in [-0.1, -0.05) is 11.6 Å². The number of benzene rings is 1. The maximum Gasteiger partial charge on any atom is 0.328 e. The molecule has 1 N–H and O–H groups in total. The Bertz CT molecular complexity index is 729. The van der Waals surface area contributed by atoms with Crippen LogP contribution in [0.25, 0.3) is 5.69 Å². The quantitative estimate of drug-likeness (QED) is 0.917. The number of aromatic nitrogens is 2. The Balaban J connectivity index is 1.83. The molecule has 2 aromatic rings. The molecule has 1 amide bonds. The number of ether oxygens (including phenoxy) is 1. The van der Waals surface area contributed by atoms with Crippen molar-refractivity contribution in [3.63, 3.8) is 0 Å². The van der Waals surface area contributed by atoms with Crippen LogP contribution >= 0.6 is 11.6 Å². The number of hydrogen-bond donors (Lipinski definition) is 1. The molecule has 1 aliphatic rings. The third-order valence-electron chi connectivity index (χ3n) is 3.60. The molecule has 0 bridgehead atoms. The molecule has 23 heavy (non-hydrogen) atoms. The van der Waals surface area contributed by atoms with E-state index in [-0.39, 0.29) is 19.1 Å². The molecule has 1 fully saturated rings. The summed E-state index contributed by atoms with van der Waals surface area (Å²) in [6.45, 7) is 0.551. The number of aliphatic carboxylic acids is 1. The summed E-state index contributed by atoms with van der Waals surface area (Å²) in [4.78, 5) is 25.1. The molecular formula is C15H14ClN3O4. The molecular weight excluding hydrogens is 322 g/mol. The van der Waals surface area contributed by atoms with Crippen molar-refractivity contribution in [3.8, 4) is 5.69 Å². The van der Waals surface area contributed by atoms with E-state index in [1.54, 1.807) is 35.1 Å². The molecule has 0 unspecified atom stereocenters. The van der Waals surface area contributed by atoms with Gasteiger partial charge in [-0.25, -0.2) is 9.48 Å². The van der Waals surface area contributed by atoms with Crippen molar-refractivity contribution in [2.45, 2.75) is 6.04 Å². The third kappa shape index (κ3) is 3.20. The number of halogens is 1. The van der Waals surface area contributed by atoms with Gasteiger partial charge in [0.1, 0.15) is 0 Å². The highest BCUT2D eigenvalue weighted by Crippen LogP contribution is 2.16. The zero-order valence-electron chi connectivity index (χ0n) is 12.1. The van der Waals surface area contributed by atoms with E-state index in [1.165, 1.54) is 11.1 Å². The van der Waals surface area contributed by atoms with Crippen LogP contribution in [0.1, 0.15) is 10.4 Å². The summed E-state index contributed by atoms with van der Waals surface area (Å²) in [5, 5.41) is 14.0. The van der Waals surface area contributed by atoms with E-state index in [0.717, 1.165) is 5.69 Å². The Hall–Kier alpha value is -2.38. The Kier molecular flexibility index (Phi) is 4.31. The summed E-state index contributed by atoms with van der Waals surface area (Å²) in [5.74, 6) is -1.45. The molecule has 7 nitrogen and oxygen atoms in total. The Morgan fingerprint density at radius 3 is 2.74 bits per heavy atom. The van der Waals surface area contributed by atoms with Gasteiger partial charge in [-0.3, -0.25) is 4.79 Å². The maximum atomic E-state index is 12.5. The van der Waals surface area contributed by atoms with Gasteiger partial charge in [0.2, 0.25) is 0 Å². The number of nitrogens with zero attached hydrogens (tertiary/aromatic N) is 3. The molecule has 1 aromatic carbocycles. The lowest BCUT2D eigenvalue weighted by molar-refractivity contribution is -0.147. The van der Waals surface area contributed by atoms with E-state index in [1.807, 2.05) is 0 Å². The number of carbonyl (C=O) groups is 2. The minimum atomic E-state index is -1.08. The Morgan fingerprint density at radius 2 is 2.04 bits per heavy atom. The lowest BCUT2D eigenvalue weighted by Crippen LogP contribution is -2.52. The standard InChI is InChI=1S/C15H14ClN3O4/c16-11-1-3-12(4-2-11)19-8-10(7-17-19)14(20)18-5-6-23-9-13(18)15(21)22/h1-4,7-8,13H,5-6,9H2,(H,21,22)/t13-/m1/s1. The lowest BCUT2D eigenvalue weighted by Gasteiger charge is -2.32. The van der Waals surface area contributed by atoms with E-state index >= 15 is 0 Å². The first-order chi connectivity index (χ1) is 11.1. The highest BCUT2D eigenvalue weighted by atomic mass is 35.5. The summed E-state index contributed by atoms with van der Waals surface area (Å²) >= 11 is 5.84. The second-order valence-electron chi connectivity index (χ2n) is 5.08. The van der Waals surface area contributed by atoms with Crippen molar-refractivity contribution >= 4 is 23.5 Å². The Morgan fingerprint density at radius 1 is 1.30 bits per heavy atom. The van der Waals surface area contributed by atoms with E-state index in [2.05, 4.69) is 5.10 Å². The van der Waals surface area contributed by atoms with Crippen molar-refractivity contribution in [3.05, 3.63) is 47.2 Å². The fourth-order valence-electron chi connectivity index (χ4n) is 2.39. The number of carboxylic acids is 1. The number of carboxylic acid groups (broad SMARTS) is 1. The van der Waals surface area contributed by atoms with Crippen molar-refractivity contribution < 1.29 is 19.4 Å². The van der Waals surface area contributed by atoms with Crippen LogP contribution in [0.3, 0.4) is 0 Å². The van der Waals surface area contributed by atoms with Crippen molar-refractivity contribution in [1.82, 2.24) is 14.7 Å². The van der Waals surface area contributed by atoms with Crippen LogP contribution in [0.15, 0.2) is 36.7 Å². The average Bonchev–Trinajstić information content (AvgIpc) is 3.04. The molecule has 2 heterocycles. The van der Waals surface area contributed by atoms with Gasteiger partial charge in [-0.15, -0.1) is 0 Å². The SMILES string of the molecule is O=C(O)[C@H]1COCCN1C(=O)c1cnn(-c2ccc(Cl)cc2)c1. The smallest absolute Gasteiger partial charge is 0.328 e. The zero-order valence-corrected chi connectivity index (χ0v) is 12.8. The fraction of sp³-hybridized carbons (Fsp3) is 0.267. The van der Waals surface area contributed by atoms with Crippen LogP contribution in [0, 0.1) is 0 Å². The highest BCUT2D eigenvalue weighted by molar-refractivity contribution is 6.30. The van der Waals surface area contributed by atoms with Crippen LogP contribution < -0.4 is 0 Å². The largest absolute Gasteiger partial charge is 0.480 e. The predicted octanol–water partition coefficient (Wildman–Crippen LogP) is 1.45. The lowest BCUT2D eigenvalue weighted by atomic mass is 10.2. The van der Waals surface area contributed by atoms with Crippen LogP contribution in [-0.4, -0.2) is 57.5 Å². The topological polar surface area (TPSA) is 84.7 Å². The highest BCUT2D eigenvalue weighted by Gasteiger charge is 2.33. The number of amides is 1. The zero-order chi connectivity index (χ0) is 16.4. The molecule has 0 aliphatic carbocycles. The van der Waals surface area contributed by atoms with Gasteiger partial charge in [-0.2, -0.15) is 5.10 Å². The fourth-order valence-corrected chi connectivity index (χ4v) is 2.51. The van der Waals surface area contributed by atoms with Crippen molar-refractivity contribution in [1.29, 1.82) is 0 Å². The van der Waals surface area contributed by atoms with E-state index < -0.39 is 12.0 Å². The molecule has 0 spiro atoms. The predicted molar refractivity (Wildman–Crippen MR) is 81.9 cm³/mol. The first-order valence-corrected chi connectivity index (χ1v) is 7.36. The summed E-state index contributed by atoms with van der Waals surface area (Å²) in [6, 6.07) is 6.03. The molecule has 1 saturated heterocycles. The number of carbonyl (C=O) groups excluding carboxylic acids is 1. The Labute approximate surface area is 137 Å². The summed E-state index contributed by atoms with van der Waals surface area (Å²) in [7, 11) is 0. The maximum absolute atomic E-state index is 12.5. The number of rotatable bonds is 3. The van der Waals surface area contributed by atoms with Crippen molar-refractivity contribution in [2.75, 3.05) is 19.8 Å². The molecule has 8 heteroatoms. The summed E-state index contributed by atoms with van der Waals surface area (Å²) < 4.78 is 6.68. The summed E-state index contributed by atoms with van der Waals surface area (Å²) in [6.07, 6.45) is 2.99. The van der Waals surface area contributed by atoms with Gasteiger partial charge in [0.05, 0.1) is 30.7 Å². The van der Waals surface area contributed by atoms with Gasteiger partial charge < -0.3 is 14.7 Å². The first kappa shape index (κ1) is 15.5. The van der Waals surface area contributed by atoms with Crippen LogP contribution in [0.5, 0.6) is 0 Å². The van der Waals surface area contributed by atoms with Gasteiger partial charge >= 0.3 is 5.97 Å². The molecule has 0 saturated carbocycles. The summed E-state index contributed by atoms with van der Waals surface area (Å²) in [5.41, 5.74) is 1.08. The molecule has 3 rings (SSSR count). The molecule has 0 radical (unpaired) electrons. The second kappa shape index (κ2) is 6.39. The van der Waals surface area contributed by atoms with Gasteiger partial charge in [0.25, 0.3) is 5.91 Å². The van der Waals surface area contributed by atoms with E-state index in [0.29, 0.717) is 17.2 Å². The molecule has 1 aromatic heterocycles. The molecule has 1 aliphatic heterocycles. The van der Waals surface area contributed by atoms with Crippen LogP contribution in [0.2, 0.25) is 5.02 Å². The van der Waals surface area contributed by atoms with E-state index in [4.69, 9.17) is 16.3 Å². The normalized spacial score (nSPS) is 18.0. The first-order valence-electron chi connectivity index (χ1n) is 6.98. The van der Waals surface area contributed by atoms with Gasteiger partial charge in [0, 0.05) is 17.8 Å². The average molecular weight is 336 g/mol. The van der Waals surface area contributed by atoms with E-state index in [9.17, 15) is 14.7 Å². The number of hydrogen-bond acceptors (Lipinski definition) is 4. The third-order valence-corrected chi connectivity index (χ3v) is 3.85. The van der Waals surface area contributed by atoms with Crippen LogP contribution in [-0.2, 0) is 9.53 Å². The second-order valence-corrected chi connectivity index (χ2v) is 5.51. The minimum absolute atomic E-state index is 0.00754.